The molecule has 0 bridgehead atoms. The highest BCUT2D eigenvalue weighted by atomic mass is 16.5. The maximum atomic E-state index is 5.55. The molecule has 0 saturated heterocycles. The lowest BCUT2D eigenvalue weighted by atomic mass is 10.1. The van der Waals surface area contributed by atoms with Crippen LogP contribution in [0, 0.1) is 20.8 Å². The summed E-state index contributed by atoms with van der Waals surface area (Å²) in [6, 6.07) is 14.3. The van der Waals surface area contributed by atoms with Gasteiger partial charge >= 0.3 is 0 Å². The molecule has 4 aromatic rings. The Morgan fingerprint density at radius 2 is 1.68 bits per heavy atom. The first-order valence-electron chi connectivity index (χ1n) is 8.13. The van der Waals surface area contributed by atoms with E-state index in [0.717, 1.165) is 16.9 Å². The number of hydrogen-bond donors (Lipinski definition) is 1. The van der Waals surface area contributed by atoms with Crippen LogP contribution in [0.2, 0.25) is 0 Å². The highest BCUT2D eigenvalue weighted by Crippen LogP contribution is 2.31. The van der Waals surface area contributed by atoms with Gasteiger partial charge in [-0.25, -0.2) is 9.97 Å². The van der Waals surface area contributed by atoms with Gasteiger partial charge in [0, 0.05) is 11.3 Å². The first-order chi connectivity index (χ1) is 12.1. The van der Waals surface area contributed by atoms with E-state index in [2.05, 4.69) is 53.3 Å². The molecular formula is C20H18N4O. The van der Waals surface area contributed by atoms with Gasteiger partial charge in [-0.05, 0) is 44.0 Å². The molecule has 25 heavy (non-hydrogen) atoms. The fourth-order valence-corrected chi connectivity index (χ4v) is 2.71. The highest BCUT2D eigenvalue weighted by Gasteiger charge is 2.16. The van der Waals surface area contributed by atoms with Gasteiger partial charge in [-0.15, -0.1) is 0 Å². The standard InChI is InChI=1S/C20H18N4O/c1-12-4-7-15(8-5-12)17-18-19(25-24-17)20(22-11-21-18)23-16-9-6-13(2)14(3)10-16/h4-11H,1-3H3,(H,21,22,23). The van der Waals surface area contributed by atoms with E-state index in [1.54, 1.807) is 0 Å². The first kappa shape index (κ1) is 15.3. The van der Waals surface area contributed by atoms with Crippen molar-refractivity contribution in [1.82, 2.24) is 15.1 Å². The third-order valence-electron chi connectivity index (χ3n) is 4.35. The van der Waals surface area contributed by atoms with E-state index in [0.29, 0.717) is 16.9 Å². The minimum absolute atomic E-state index is 0.552. The van der Waals surface area contributed by atoms with Crippen LogP contribution in [-0.2, 0) is 0 Å². The van der Waals surface area contributed by atoms with Gasteiger partial charge in [0.15, 0.2) is 5.82 Å². The molecule has 2 aromatic carbocycles. The van der Waals surface area contributed by atoms with Crippen molar-refractivity contribution in [2.45, 2.75) is 20.8 Å². The first-order valence-corrected chi connectivity index (χ1v) is 8.13. The summed E-state index contributed by atoms with van der Waals surface area (Å²) < 4.78 is 5.55. The Bertz CT molecular complexity index is 1050. The quantitative estimate of drug-likeness (QED) is 0.575. The molecule has 5 nitrogen and oxygen atoms in total. The van der Waals surface area contributed by atoms with Crippen LogP contribution >= 0.6 is 0 Å². The second-order valence-corrected chi connectivity index (χ2v) is 6.22. The van der Waals surface area contributed by atoms with Crippen molar-refractivity contribution in [3.05, 3.63) is 65.5 Å². The van der Waals surface area contributed by atoms with Crippen molar-refractivity contribution in [1.29, 1.82) is 0 Å². The molecule has 0 radical (unpaired) electrons. The molecule has 1 N–H and O–H groups in total. The predicted octanol–water partition coefficient (Wildman–Crippen LogP) is 4.95. The van der Waals surface area contributed by atoms with E-state index in [4.69, 9.17) is 4.52 Å². The molecule has 0 fully saturated rings. The Labute approximate surface area is 145 Å². The molecule has 0 saturated carbocycles. The largest absolute Gasteiger partial charge is 0.350 e. The predicted molar refractivity (Wildman–Crippen MR) is 99.0 cm³/mol. The third-order valence-corrected chi connectivity index (χ3v) is 4.35. The molecule has 0 aliphatic heterocycles. The lowest BCUT2D eigenvalue weighted by Crippen LogP contribution is -1.96. The molecule has 0 aliphatic rings. The van der Waals surface area contributed by atoms with Gasteiger partial charge in [0.25, 0.3) is 0 Å². The number of nitrogens with zero attached hydrogens (tertiary/aromatic N) is 3. The summed E-state index contributed by atoms with van der Waals surface area (Å²) in [6.07, 6.45) is 1.53. The average Bonchev–Trinajstić information content (AvgIpc) is 3.04. The van der Waals surface area contributed by atoms with E-state index < -0.39 is 0 Å². The Morgan fingerprint density at radius 3 is 2.44 bits per heavy atom. The summed E-state index contributed by atoms with van der Waals surface area (Å²) in [4.78, 5) is 8.69. The minimum atomic E-state index is 0.552. The van der Waals surface area contributed by atoms with E-state index >= 15 is 0 Å². The minimum Gasteiger partial charge on any atom is -0.350 e. The van der Waals surface area contributed by atoms with Crippen molar-refractivity contribution in [3.8, 4) is 11.3 Å². The number of anilines is 2. The molecule has 4 rings (SSSR count). The lowest BCUT2D eigenvalue weighted by molar-refractivity contribution is 0.459. The van der Waals surface area contributed by atoms with Crippen LogP contribution in [-0.4, -0.2) is 15.1 Å². The topological polar surface area (TPSA) is 63.8 Å². The SMILES string of the molecule is Cc1ccc(-c2noc3c(Nc4ccc(C)c(C)c4)ncnc23)cc1. The molecule has 124 valence electrons. The van der Waals surface area contributed by atoms with Crippen molar-refractivity contribution in [3.63, 3.8) is 0 Å². The molecule has 0 aliphatic carbocycles. The zero-order valence-electron chi connectivity index (χ0n) is 14.4. The van der Waals surface area contributed by atoms with E-state index in [-0.39, 0.29) is 0 Å². The van der Waals surface area contributed by atoms with Gasteiger partial charge in [0.05, 0.1) is 0 Å². The molecule has 0 atom stereocenters. The van der Waals surface area contributed by atoms with Crippen LogP contribution in [0.4, 0.5) is 11.5 Å². The zero-order chi connectivity index (χ0) is 17.4. The smallest absolute Gasteiger partial charge is 0.228 e. The Kier molecular flexibility index (Phi) is 3.69. The number of aryl methyl sites for hydroxylation is 3. The fourth-order valence-electron chi connectivity index (χ4n) is 2.71. The summed E-state index contributed by atoms with van der Waals surface area (Å²) in [7, 11) is 0. The fraction of sp³-hybridized carbons (Fsp3) is 0.150. The molecule has 0 unspecified atom stereocenters. The Balaban J connectivity index is 1.76. The van der Waals surface area contributed by atoms with Crippen LogP contribution in [0.15, 0.2) is 53.3 Å². The van der Waals surface area contributed by atoms with Crippen LogP contribution in [0.1, 0.15) is 16.7 Å². The normalized spacial score (nSPS) is 11.0. The number of hydrogen-bond acceptors (Lipinski definition) is 5. The van der Waals surface area contributed by atoms with E-state index in [9.17, 15) is 0 Å². The molecule has 0 spiro atoms. The third kappa shape index (κ3) is 2.85. The highest BCUT2D eigenvalue weighted by molar-refractivity contribution is 5.94. The van der Waals surface area contributed by atoms with E-state index in [1.807, 2.05) is 30.3 Å². The van der Waals surface area contributed by atoms with E-state index in [1.165, 1.54) is 23.0 Å². The number of nitrogens with one attached hydrogen (secondary N) is 1. The number of fused-ring (bicyclic) bond motifs is 1. The molecule has 2 aromatic heterocycles. The second-order valence-electron chi connectivity index (χ2n) is 6.22. The van der Waals surface area contributed by atoms with Gasteiger partial charge in [0.2, 0.25) is 5.58 Å². The van der Waals surface area contributed by atoms with Gasteiger partial charge in [-0.1, -0.05) is 41.1 Å². The van der Waals surface area contributed by atoms with Gasteiger partial charge < -0.3 is 9.84 Å². The molecule has 0 amide bonds. The Hall–Kier alpha value is -3.21. The van der Waals surface area contributed by atoms with Crippen LogP contribution in [0.3, 0.4) is 0 Å². The number of rotatable bonds is 3. The van der Waals surface area contributed by atoms with Crippen molar-refractivity contribution in [2.24, 2.45) is 0 Å². The van der Waals surface area contributed by atoms with Crippen molar-refractivity contribution in [2.75, 3.05) is 5.32 Å². The average molecular weight is 330 g/mol. The van der Waals surface area contributed by atoms with Gasteiger partial charge in [0.1, 0.15) is 17.5 Å². The van der Waals surface area contributed by atoms with Crippen LogP contribution in [0.5, 0.6) is 0 Å². The lowest BCUT2D eigenvalue weighted by Gasteiger charge is -2.07. The van der Waals surface area contributed by atoms with Crippen LogP contribution in [0.25, 0.3) is 22.4 Å². The number of aromatic nitrogens is 3. The summed E-state index contributed by atoms with van der Waals surface area (Å²) in [5.74, 6) is 0.610. The number of benzene rings is 2. The summed E-state index contributed by atoms with van der Waals surface area (Å²) in [5, 5.41) is 7.52. The summed E-state index contributed by atoms with van der Waals surface area (Å²) in [6.45, 7) is 6.23. The molecule has 2 heterocycles. The summed E-state index contributed by atoms with van der Waals surface area (Å²) >= 11 is 0. The van der Waals surface area contributed by atoms with Crippen LogP contribution < -0.4 is 5.32 Å². The monoisotopic (exact) mass is 330 g/mol. The maximum Gasteiger partial charge on any atom is 0.228 e. The van der Waals surface area contributed by atoms with Gasteiger partial charge in [-0.2, -0.15) is 0 Å². The second kappa shape index (κ2) is 6.02. The van der Waals surface area contributed by atoms with Crippen molar-refractivity contribution < 1.29 is 4.52 Å². The summed E-state index contributed by atoms with van der Waals surface area (Å²) in [5.41, 5.74) is 7.56. The Morgan fingerprint density at radius 1 is 0.880 bits per heavy atom. The van der Waals surface area contributed by atoms with Crippen molar-refractivity contribution >= 4 is 22.6 Å². The maximum absolute atomic E-state index is 5.55. The molecular weight excluding hydrogens is 312 g/mol. The molecule has 5 heteroatoms. The van der Waals surface area contributed by atoms with Gasteiger partial charge in [-0.3, -0.25) is 0 Å². The zero-order valence-corrected chi connectivity index (χ0v) is 14.4.